The Morgan fingerprint density at radius 1 is 1.55 bits per heavy atom. The second-order valence-electron chi connectivity index (χ2n) is 2.38. The van der Waals surface area contributed by atoms with Crippen LogP contribution in [0.5, 0.6) is 0 Å². The number of hydrogen-bond donors (Lipinski definition) is 2. The average molecular weight is 169 g/mol. The Morgan fingerprint density at radius 2 is 2.18 bits per heavy atom. The van der Waals surface area contributed by atoms with Gasteiger partial charge in [-0.05, 0) is 18.6 Å². The van der Waals surface area contributed by atoms with E-state index in [1.807, 2.05) is 13.0 Å². The lowest BCUT2D eigenvalue weighted by Gasteiger charge is -2.00. The zero-order valence-corrected chi connectivity index (χ0v) is 6.94. The summed E-state index contributed by atoms with van der Waals surface area (Å²) in [5.74, 6) is 0.0481. The molecule has 3 heteroatoms. The molecular weight excluding hydrogens is 160 g/mol. The summed E-state index contributed by atoms with van der Waals surface area (Å²) in [4.78, 5) is 0. The van der Waals surface area contributed by atoms with E-state index in [1.165, 1.54) is 0 Å². The van der Waals surface area contributed by atoms with Crippen molar-refractivity contribution in [2.75, 3.05) is 0 Å². The van der Waals surface area contributed by atoms with Crippen molar-refractivity contribution >= 4 is 17.4 Å². The molecule has 0 spiro atoms. The van der Waals surface area contributed by atoms with Gasteiger partial charge in [0.25, 0.3) is 0 Å². The van der Waals surface area contributed by atoms with Gasteiger partial charge < -0.3 is 5.73 Å². The van der Waals surface area contributed by atoms with Crippen molar-refractivity contribution in [2.24, 2.45) is 5.73 Å². The van der Waals surface area contributed by atoms with E-state index < -0.39 is 0 Å². The highest BCUT2D eigenvalue weighted by Crippen LogP contribution is 2.15. The van der Waals surface area contributed by atoms with Crippen molar-refractivity contribution in [1.29, 1.82) is 5.41 Å². The fourth-order valence-corrected chi connectivity index (χ4v) is 0.941. The van der Waals surface area contributed by atoms with E-state index in [-0.39, 0.29) is 5.84 Å². The van der Waals surface area contributed by atoms with Crippen LogP contribution in [0.3, 0.4) is 0 Å². The number of benzene rings is 1. The number of hydrogen-bond acceptors (Lipinski definition) is 1. The molecule has 11 heavy (non-hydrogen) atoms. The predicted molar refractivity (Wildman–Crippen MR) is 47.2 cm³/mol. The highest BCUT2D eigenvalue weighted by molar-refractivity contribution is 6.31. The molecule has 1 aromatic rings. The summed E-state index contributed by atoms with van der Waals surface area (Å²) < 4.78 is 0. The normalized spacial score (nSPS) is 9.64. The number of nitrogens with two attached hydrogens (primary N) is 1. The number of nitrogen functional groups attached to an aromatic ring is 1. The number of amidine groups is 1. The number of halogens is 1. The maximum atomic E-state index is 7.12. The van der Waals surface area contributed by atoms with Gasteiger partial charge in [-0.15, -0.1) is 0 Å². The van der Waals surface area contributed by atoms with Gasteiger partial charge in [-0.25, -0.2) is 0 Å². The zero-order chi connectivity index (χ0) is 8.43. The molecule has 1 aromatic carbocycles. The van der Waals surface area contributed by atoms with Gasteiger partial charge in [-0.1, -0.05) is 23.7 Å². The van der Waals surface area contributed by atoms with Crippen molar-refractivity contribution in [2.45, 2.75) is 6.92 Å². The number of rotatable bonds is 1. The average Bonchev–Trinajstić information content (AvgIpc) is 1.94. The molecule has 0 aliphatic rings. The first-order chi connectivity index (χ1) is 5.11. The molecule has 0 aliphatic heterocycles. The molecule has 58 valence electrons. The van der Waals surface area contributed by atoms with Gasteiger partial charge in [0, 0.05) is 10.6 Å². The molecule has 0 aromatic heterocycles. The molecule has 0 saturated carbocycles. The topological polar surface area (TPSA) is 49.9 Å². The van der Waals surface area contributed by atoms with Crippen LogP contribution in [-0.2, 0) is 0 Å². The van der Waals surface area contributed by atoms with Crippen LogP contribution in [0.25, 0.3) is 0 Å². The van der Waals surface area contributed by atoms with Gasteiger partial charge in [0.05, 0.1) is 0 Å². The number of aryl methyl sites for hydroxylation is 1. The Hall–Kier alpha value is -1.02. The summed E-state index contributed by atoms with van der Waals surface area (Å²) in [5.41, 5.74) is 6.92. The maximum absolute atomic E-state index is 7.12. The molecule has 0 heterocycles. The first kappa shape index (κ1) is 8.08. The summed E-state index contributed by atoms with van der Waals surface area (Å²) >= 11 is 5.81. The lowest BCUT2D eigenvalue weighted by atomic mass is 10.1. The van der Waals surface area contributed by atoms with Crippen LogP contribution in [0.4, 0.5) is 0 Å². The molecule has 0 unspecified atom stereocenters. The quantitative estimate of drug-likeness (QED) is 0.489. The second-order valence-corrected chi connectivity index (χ2v) is 2.78. The van der Waals surface area contributed by atoms with Gasteiger partial charge in [0.2, 0.25) is 0 Å². The summed E-state index contributed by atoms with van der Waals surface area (Å²) in [6.45, 7) is 1.91. The largest absolute Gasteiger partial charge is 0.384 e. The Balaban J connectivity index is 3.15. The molecule has 0 bridgehead atoms. The highest BCUT2D eigenvalue weighted by Gasteiger charge is 1.98. The van der Waals surface area contributed by atoms with Gasteiger partial charge in [-0.2, -0.15) is 0 Å². The zero-order valence-electron chi connectivity index (χ0n) is 6.19. The summed E-state index contributed by atoms with van der Waals surface area (Å²) in [7, 11) is 0. The second kappa shape index (κ2) is 2.93. The third-order valence-corrected chi connectivity index (χ3v) is 1.89. The first-order valence-corrected chi connectivity index (χ1v) is 3.59. The van der Waals surface area contributed by atoms with Gasteiger partial charge in [0.1, 0.15) is 5.84 Å². The third-order valence-electron chi connectivity index (χ3n) is 1.48. The van der Waals surface area contributed by atoms with E-state index >= 15 is 0 Å². The van der Waals surface area contributed by atoms with Crippen molar-refractivity contribution < 1.29 is 0 Å². The molecule has 0 radical (unpaired) electrons. The lowest BCUT2D eigenvalue weighted by Crippen LogP contribution is -2.10. The fourth-order valence-electron chi connectivity index (χ4n) is 0.760. The molecule has 0 atom stereocenters. The minimum Gasteiger partial charge on any atom is -0.384 e. The van der Waals surface area contributed by atoms with Crippen molar-refractivity contribution in [1.82, 2.24) is 0 Å². The smallest absolute Gasteiger partial charge is 0.122 e. The van der Waals surface area contributed by atoms with Gasteiger partial charge >= 0.3 is 0 Å². The van der Waals surface area contributed by atoms with Crippen LogP contribution >= 0.6 is 11.6 Å². The van der Waals surface area contributed by atoms with Crippen LogP contribution in [0.2, 0.25) is 5.02 Å². The summed E-state index contributed by atoms with van der Waals surface area (Å²) in [6.07, 6.45) is 0. The van der Waals surface area contributed by atoms with Crippen LogP contribution in [0.15, 0.2) is 18.2 Å². The van der Waals surface area contributed by atoms with Gasteiger partial charge in [-0.3, -0.25) is 5.41 Å². The molecular formula is C8H9ClN2. The van der Waals surface area contributed by atoms with E-state index in [9.17, 15) is 0 Å². The van der Waals surface area contributed by atoms with Crippen molar-refractivity contribution in [3.63, 3.8) is 0 Å². The van der Waals surface area contributed by atoms with Crippen LogP contribution in [-0.4, -0.2) is 5.84 Å². The number of nitrogens with one attached hydrogen (secondary N) is 1. The standard InChI is InChI=1S/C8H9ClN2/c1-5-2-3-6(8(10)11)4-7(5)9/h2-4H,1H3,(H3,10,11). The molecule has 1 rings (SSSR count). The van der Waals surface area contributed by atoms with Crippen molar-refractivity contribution in [3.05, 3.63) is 34.3 Å². The minimum absolute atomic E-state index is 0.0481. The lowest BCUT2D eigenvalue weighted by molar-refractivity contribution is 1.40. The molecule has 3 N–H and O–H groups in total. The van der Waals surface area contributed by atoms with E-state index in [0.717, 1.165) is 5.56 Å². The molecule has 0 aliphatic carbocycles. The third kappa shape index (κ3) is 1.71. The van der Waals surface area contributed by atoms with E-state index in [0.29, 0.717) is 10.6 Å². The minimum atomic E-state index is 0.0481. The maximum Gasteiger partial charge on any atom is 0.122 e. The van der Waals surface area contributed by atoms with Gasteiger partial charge in [0.15, 0.2) is 0 Å². The summed E-state index contributed by atoms with van der Waals surface area (Å²) in [6, 6.07) is 5.32. The Bertz CT molecular complexity index is 294. The molecule has 0 saturated heterocycles. The van der Waals surface area contributed by atoms with E-state index in [4.69, 9.17) is 22.7 Å². The Morgan fingerprint density at radius 3 is 2.64 bits per heavy atom. The Labute approximate surface area is 70.5 Å². The molecule has 2 nitrogen and oxygen atoms in total. The molecule has 0 amide bonds. The van der Waals surface area contributed by atoms with E-state index in [2.05, 4.69) is 0 Å². The first-order valence-electron chi connectivity index (χ1n) is 3.22. The van der Waals surface area contributed by atoms with E-state index in [1.54, 1.807) is 12.1 Å². The molecule has 0 fully saturated rings. The fraction of sp³-hybridized carbons (Fsp3) is 0.125. The summed E-state index contributed by atoms with van der Waals surface area (Å²) in [5, 5.41) is 7.77. The highest BCUT2D eigenvalue weighted by atomic mass is 35.5. The van der Waals surface area contributed by atoms with Crippen LogP contribution in [0, 0.1) is 12.3 Å². The monoisotopic (exact) mass is 168 g/mol. The van der Waals surface area contributed by atoms with Crippen molar-refractivity contribution in [3.8, 4) is 0 Å². The van der Waals surface area contributed by atoms with Crippen LogP contribution in [0.1, 0.15) is 11.1 Å². The Kier molecular flexibility index (Phi) is 2.15. The SMILES string of the molecule is Cc1ccc(C(=N)N)cc1Cl. The predicted octanol–water partition coefficient (Wildman–Crippen LogP) is 1.93. The van der Waals surface area contributed by atoms with Crippen LogP contribution < -0.4 is 5.73 Å².